The van der Waals surface area contributed by atoms with Crippen LogP contribution < -0.4 is 9.75 Å². The normalized spacial score (nSPS) is 16.7. The van der Waals surface area contributed by atoms with E-state index in [0.717, 1.165) is 34.3 Å². The van der Waals surface area contributed by atoms with Gasteiger partial charge in [0.25, 0.3) is 0 Å². The Balaban J connectivity index is 1.80. The number of aromatic nitrogens is 1. The monoisotopic (exact) mass is 363 g/mol. The van der Waals surface area contributed by atoms with Crippen molar-refractivity contribution in [2.75, 3.05) is 12.1 Å². The van der Waals surface area contributed by atoms with Gasteiger partial charge in [-0.1, -0.05) is 36.4 Å². The molecule has 1 aliphatic rings. The van der Waals surface area contributed by atoms with Crippen LogP contribution in [0.15, 0.2) is 59.0 Å². The molecule has 4 nitrogen and oxygen atoms in total. The van der Waals surface area contributed by atoms with E-state index in [1.807, 2.05) is 25.1 Å². The molecule has 132 valence electrons. The number of rotatable bonds is 4. The molecule has 26 heavy (non-hydrogen) atoms. The molecule has 2 heterocycles. The van der Waals surface area contributed by atoms with E-state index in [-0.39, 0.29) is 6.04 Å². The average Bonchev–Trinajstić information content (AvgIpc) is 3.28. The zero-order valence-electron chi connectivity index (χ0n) is 15.1. The Morgan fingerprint density at radius 3 is 2.58 bits per heavy atom. The van der Waals surface area contributed by atoms with E-state index in [1.54, 1.807) is 18.4 Å². The maximum absolute atomic E-state index is 5.56. The van der Waals surface area contributed by atoms with Gasteiger partial charge in [0, 0.05) is 17.4 Å². The number of aryl methyl sites for hydroxylation is 2. The van der Waals surface area contributed by atoms with Crippen LogP contribution in [0.3, 0.4) is 0 Å². The Morgan fingerprint density at radius 2 is 1.85 bits per heavy atom. The topological polar surface area (TPSA) is 37.7 Å². The molecule has 1 aliphatic heterocycles. The van der Waals surface area contributed by atoms with Crippen LogP contribution in [0.25, 0.3) is 0 Å². The van der Waals surface area contributed by atoms with Crippen molar-refractivity contribution in [1.29, 1.82) is 0 Å². The van der Waals surface area contributed by atoms with Crippen molar-refractivity contribution in [3.05, 3.63) is 76.3 Å². The molecule has 0 N–H and O–H groups in total. The van der Waals surface area contributed by atoms with E-state index >= 15 is 0 Å². The van der Waals surface area contributed by atoms with Crippen molar-refractivity contribution in [2.45, 2.75) is 26.3 Å². The Labute approximate surface area is 157 Å². The molecule has 1 unspecified atom stereocenters. The Hall–Kier alpha value is -2.66. The van der Waals surface area contributed by atoms with Crippen molar-refractivity contribution in [1.82, 2.24) is 4.98 Å². The highest BCUT2D eigenvalue weighted by molar-refractivity contribution is 7.13. The van der Waals surface area contributed by atoms with E-state index in [2.05, 4.69) is 52.6 Å². The summed E-state index contributed by atoms with van der Waals surface area (Å²) in [6.07, 6.45) is 0.823. The van der Waals surface area contributed by atoms with Gasteiger partial charge in [-0.15, -0.1) is 11.3 Å². The molecular formula is C21H21N3OS. The second-order valence-corrected chi connectivity index (χ2v) is 7.28. The highest BCUT2D eigenvalue weighted by Gasteiger charge is 2.33. The zero-order valence-corrected chi connectivity index (χ0v) is 16.0. The first-order valence-corrected chi connectivity index (χ1v) is 9.53. The lowest BCUT2D eigenvalue weighted by atomic mass is 9.95. The summed E-state index contributed by atoms with van der Waals surface area (Å²) in [6.45, 7) is 4.17. The van der Waals surface area contributed by atoms with Crippen LogP contribution in [0.4, 0.5) is 5.13 Å². The number of nitrogens with zero attached hydrogens (tertiary/aromatic N) is 3. The maximum Gasteiger partial charge on any atom is 0.206 e. The molecule has 0 bridgehead atoms. The van der Waals surface area contributed by atoms with Gasteiger partial charge >= 0.3 is 0 Å². The number of anilines is 1. The average molecular weight is 363 g/mol. The third-order valence-corrected chi connectivity index (χ3v) is 5.63. The third-order valence-electron chi connectivity index (χ3n) is 4.68. The summed E-state index contributed by atoms with van der Waals surface area (Å²) in [5, 5.41) is 10.0. The quantitative estimate of drug-likeness (QED) is 0.645. The number of methoxy groups -OCH3 is 1. The predicted octanol–water partition coefficient (Wildman–Crippen LogP) is 5.12. The number of hydrazone groups is 1. The van der Waals surface area contributed by atoms with Gasteiger partial charge in [0.05, 0.1) is 24.6 Å². The highest BCUT2D eigenvalue weighted by atomic mass is 32.1. The fraction of sp³-hybridized carbons (Fsp3) is 0.238. The molecule has 0 saturated heterocycles. The van der Waals surface area contributed by atoms with Gasteiger partial charge in [-0.2, -0.15) is 5.10 Å². The van der Waals surface area contributed by atoms with Crippen LogP contribution in [0.5, 0.6) is 5.75 Å². The molecule has 3 aromatic rings. The summed E-state index contributed by atoms with van der Waals surface area (Å²) in [5.41, 5.74) is 5.66. The van der Waals surface area contributed by atoms with E-state index < -0.39 is 0 Å². The molecule has 0 saturated carbocycles. The van der Waals surface area contributed by atoms with Gasteiger partial charge in [-0.3, -0.25) is 0 Å². The first-order valence-electron chi connectivity index (χ1n) is 8.65. The second-order valence-electron chi connectivity index (χ2n) is 6.44. The van der Waals surface area contributed by atoms with Gasteiger partial charge in [-0.05, 0) is 37.1 Å². The molecule has 0 amide bonds. The summed E-state index contributed by atoms with van der Waals surface area (Å²) >= 11 is 1.63. The maximum atomic E-state index is 5.56. The van der Waals surface area contributed by atoms with Crippen LogP contribution in [-0.2, 0) is 0 Å². The number of benzene rings is 2. The van der Waals surface area contributed by atoms with Gasteiger partial charge in [-0.25, -0.2) is 9.99 Å². The second kappa shape index (κ2) is 6.92. The summed E-state index contributed by atoms with van der Waals surface area (Å²) in [7, 11) is 1.70. The van der Waals surface area contributed by atoms with Gasteiger partial charge < -0.3 is 4.74 Å². The van der Waals surface area contributed by atoms with Gasteiger partial charge in [0.1, 0.15) is 5.75 Å². The fourth-order valence-corrected chi connectivity index (χ4v) is 4.18. The standard InChI is InChI=1S/C21H21N3OS/c1-14-8-4-5-9-16(14)19-12-18(17-10-6-7-11-20(17)25-3)23-24(19)21-22-15(2)13-26-21/h4-11,13,19H,12H2,1-3H3. The van der Waals surface area contributed by atoms with E-state index in [9.17, 15) is 0 Å². The minimum absolute atomic E-state index is 0.140. The van der Waals surface area contributed by atoms with E-state index in [4.69, 9.17) is 9.84 Å². The van der Waals surface area contributed by atoms with Gasteiger partial charge in [0.2, 0.25) is 5.13 Å². The van der Waals surface area contributed by atoms with Crippen LogP contribution >= 0.6 is 11.3 Å². The molecule has 0 radical (unpaired) electrons. The number of hydrogen-bond acceptors (Lipinski definition) is 5. The lowest BCUT2D eigenvalue weighted by Crippen LogP contribution is -2.19. The Kier molecular flexibility index (Phi) is 4.47. The zero-order chi connectivity index (χ0) is 18.1. The van der Waals surface area contributed by atoms with E-state index in [0.29, 0.717) is 0 Å². The van der Waals surface area contributed by atoms with Crippen LogP contribution in [0.1, 0.15) is 34.8 Å². The Morgan fingerprint density at radius 1 is 1.08 bits per heavy atom. The van der Waals surface area contributed by atoms with E-state index in [1.165, 1.54) is 11.1 Å². The van der Waals surface area contributed by atoms with Crippen molar-refractivity contribution < 1.29 is 4.74 Å². The SMILES string of the molecule is COc1ccccc1C1=NN(c2nc(C)cs2)C(c2ccccc2C)C1. The largest absolute Gasteiger partial charge is 0.496 e. The van der Waals surface area contributed by atoms with Gasteiger partial charge in [0.15, 0.2) is 0 Å². The van der Waals surface area contributed by atoms with Crippen LogP contribution in [0.2, 0.25) is 0 Å². The minimum atomic E-state index is 0.140. The lowest BCUT2D eigenvalue weighted by Gasteiger charge is -2.22. The highest BCUT2D eigenvalue weighted by Crippen LogP contribution is 2.40. The molecule has 1 aromatic heterocycles. The fourth-order valence-electron chi connectivity index (χ4n) is 3.38. The summed E-state index contributed by atoms with van der Waals surface area (Å²) in [6, 6.07) is 16.7. The predicted molar refractivity (Wildman–Crippen MR) is 107 cm³/mol. The van der Waals surface area contributed by atoms with Crippen molar-refractivity contribution in [2.24, 2.45) is 5.10 Å². The number of hydrogen-bond donors (Lipinski definition) is 0. The van der Waals surface area contributed by atoms with Crippen LogP contribution in [0, 0.1) is 13.8 Å². The molecular weight excluding hydrogens is 342 g/mol. The smallest absolute Gasteiger partial charge is 0.206 e. The lowest BCUT2D eigenvalue weighted by molar-refractivity contribution is 0.414. The van der Waals surface area contributed by atoms with Crippen molar-refractivity contribution in [3.8, 4) is 5.75 Å². The van der Waals surface area contributed by atoms with Crippen LogP contribution in [-0.4, -0.2) is 17.8 Å². The first kappa shape index (κ1) is 16.8. The third kappa shape index (κ3) is 2.99. The van der Waals surface area contributed by atoms with Crippen molar-refractivity contribution >= 4 is 22.2 Å². The number of para-hydroxylation sites is 1. The summed E-state index contributed by atoms with van der Waals surface area (Å²) in [5.74, 6) is 0.854. The summed E-state index contributed by atoms with van der Waals surface area (Å²) < 4.78 is 5.56. The molecule has 1 atom stereocenters. The molecule has 0 aliphatic carbocycles. The molecule has 4 rings (SSSR count). The first-order chi connectivity index (χ1) is 12.7. The molecule has 0 spiro atoms. The van der Waals surface area contributed by atoms with Crippen molar-refractivity contribution in [3.63, 3.8) is 0 Å². The molecule has 0 fully saturated rings. The minimum Gasteiger partial charge on any atom is -0.496 e. The molecule has 5 heteroatoms. The summed E-state index contributed by atoms with van der Waals surface area (Å²) in [4.78, 5) is 4.67. The number of ether oxygens (including phenoxy) is 1. The Bertz CT molecular complexity index is 963. The molecule has 2 aromatic carbocycles. The number of thiazole rings is 1.